The number of aromatic hydroxyl groups is 1. The molecule has 9 aromatic carbocycles. The zero-order valence-electron chi connectivity index (χ0n) is 81.1. The molecule has 10 aromatic rings. The van der Waals surface area contributed by atoms with Gasteiger partial charge in [0.1, 0.15) is 34.5 Å². The molecule has 5 fully saturated rings. The number of phenolic OH excluding ortho intramolecular Hbond substituents is 1. The predicted molar refractivity (Wildman–Crippen MR) is 545 cm³/mol. The normalized spacial score (nSPS) is 21.0. The van der Waals surface area contributed by atoms with Crippen molar-refractivity contribution in [3.05, 3.63) is 316 Å². The number of amides is 2. The van der Waals surface area contributed by atoms with Gasteiger partial charge in [-0.1, -0.05) is 199 Å². The van der Waals surface area contributed by atoms with Gasteiger partial charge in [-0.2, -0.15) is 0 Å². The number of nitrogens with one attached hydrogen (secondary N) is 4. The molecule has 15 atom stereocenters. The minimum Gasteiger partial charge on any atom is -0.508 e. The van der Waals surface area contributed by atoms with Gasteiger partial charge in [-0.15, -0.1) is 0 Å². The van der Waals surface area contributed by atoms with E-state index in [1.54, 1.807) is 13.0 Å². The molecular weight excluding hydrogens is 1630 g/mol. The fourth-order valence-corrected chi connectivity index (χ4v) is 19.8. The Hall–Kier alpha value is -10.3. The van der Waals surface area contributed by atoms with Gasteiger partial charge in [0.05, 0.1) is 36.2 Å². The molecule has 1 aromatic heterocycles. The average Bonchev–Trinajstić information content (AvgIpc) is 0.893. The molecule has 14 heteroatoms. The van der Waals surface area contributed by atoms with Gasteiger partial charge in [0.2, 0.25) is 5.91 Å². The number of aromatic nitrogens is 1. The zero-order chi connectivity index (χ0) is 92.5. The van der Waals surface area contributed by atoms with Crippen LogP contribution < -0.4 is 45.0 Å². The molecule has 0 spiro atoms. The van der Waals surface area contributed by atoms with E-state index < -0.39 is 0 Å². The van der Waals surface area contributed by atoms with Gasteiger partial charge in [-0.3, -0.25) is 14.6 Å². The molecule has 5 aliphatic carbocycles. The first-order valence-electron chi connectivity index (χ1n) is 49.7. The molecule has 1 heterocycles. The first kappa shape index (κ1) is 104. The zero-order valence-corrected chi connectivity index (χ0v) is 81.1. The van der Waals surface area contributed by atoms with Crippen LogP contribution in [-0.2, 0) is 31.0 Å². The van der Waals surface area contributed by atoms with Gasteiger partial charge in [0.15, 0.2) is 0 Å². The highest BCUT2D eigenvalue weighted by molar-refractivity contribution is 5.94. The summed E-state index contributed by atoms with van der Waals surface area (Å²) in [4.78, 5) is 30.8. The Kier molecular flexibility index (Phi) is 44.1. The fourth-order valence-electron chi connectivity index (χ4n) is 19.8. The molecule has 0 bridgehead atoms. The van der Waals surface area contributed by atoms with E-state index in [2.05, 4.69) is 254 Å². The van der Waals surface area contributed by atoms with Crippen LogP contribution in [0, 0.1) is 101 Å². The van der Waals surface area contributed by atoms with Crippen LogP contribution >= 0.6 is 0 Å². The number of benzene rings is 9. The predicted octanol–water partition coefficient (Wildman–Crippen LogP) is 26.7. The Bertz CT molecular complexity index is 4920. The summed E-state index contributed by atoms with van der Waals surface area (Å²) in [5.74, 6) is 11.8. The number of rotatable bonds is 34. The van der Waals surface area contributed by atoms with Crippen molar-refractivity contribution in [1.29, 1.82) is 0 Å². The van der Waals surface area contributed by atoms with Crippen molar-refractivity contribution < 1.29 is 38.4 Å². The smallest absolute Gasteiger partial charge is 0.251 e. The van der Waals surface area contributed by atoms with E-state index in [1.807, 2.05) is 102 Å². The van der Waals surface area contributed by atoms with Gasteiger partial charge in [-0.25, -0.2) is 0 Å². The molecule has 14 nitrogen and oxygen atoms in total. The van der Waals surface area contributed by atoms with Crippen molar-refractivity contribution in [3.63, 3.8) is 0 Å². The van der Waals surface area contributed by atoms with Crippen molar-refractivity contribution in [2.24, 2.45) is 59.2 Å². The standard InChI is InChI=1S/C25H33NO2.C24H33NO.C23H31NO2.C23H29NO2.C22H30N2O.CH4/c1-19-9-7-13-24(15-19)28-25-14-8-12-23(16-25)20(2)17-26(21(3)27)18-22-10-5-4-6-11-22;1-18-10-12-21(13-11-18)17-25-16-20(3)22-7-5-9-24(15-22)26-23-8-4-6-19(2)14-23;1-17-6-3-10-22(12-17)26-23-11-5-8-20(14-23)18(2)15-24-16-19-7-4-9-21(25)13-19;1-17-8-6-12-21(14-17)26-22-13-7-11-20(15-22)18(2)16-24-23(25)19-9-4-3-5-10-19;1-17-7-5-10-21(13-17)25-22-11-6-8-19(14-22)18(2)15-23-16-20-9-3-4-12-24-20;/h4-7,9-11,13,15,20,23,25H,8,12,14,16-18H2,1-3H3;4,6,8,10-14,20,22,24-25H,5,7,9,15-17H2,1-3H3;3-4,6-7,9-10,12-13,18,20,23-25H,5,8,11,14-16H2,1-2H3;3-6,8-10,12,14,18,20,22H,7,11,13,15-16H2,1-2H3,(H,24,25);3-5,7,9-10,12-13,18-19,22-23H,6,8,11,14-16H2,1-2H3;1H4/t20?,23?,25-;20?,22?,24-;18?,20?,23-;18?,20?,22-;18?,19?,22-;/m11111./s1. The highest BCUT2D eigenvalue weighted by atomic mass is 16.5. The largest absolute Gasteiger partial charge is 0.508 e. The van der Waals surface area contributed by atoms with Crippen LogP contribution in [0.5, 0.6) is 34.5 Å². The lowest BCUT2D eigenvalue weighted by molar-refractivity contribution is -0.130. The Labute approximate surface area is 794 Å². The minimum atomic E-state index is 0. The van der Waals surface area contributed by atoms with E-state index in [4.69, 9.17) is 23.7 Å². The number of nitrogens with zero attached hydrogens (tertiary/aromatic N) is 2. The Morgan fingerprint density at radius 3 is 1.06 bits per heavy atom. The summed E-state index contributed by atoms with van der Waals surface area (Å²) in [6, 6.07) is 83.9. The van der Waals surface area contributed by atoms with Crippen LogP contribution in [0.15, 0.2) is 255 Å². The number of ether oxygens (including phenoxy) is 5. The average molecular weight is 1790 g/mol. The van der Waals surface area contributed by atoms with Crippen molar-refractivity contribution in [2.45, 2.75) is 276 Å². The second-order valence-electron chi connectivity index (χ2n) is 39.1. The minimum absolute atomic E-state index is 0. The summed E-state index contributed by atoms with van der Waals surface area (Å²) in [7, 11) is 0. The summed E-state index contributed by atoms with van der Waals surface area (Å²) in [6.07, 6.45) is 27.5. The monoisotopic (exact) mass is 1790 g/mol. The number of phenols is 1. The topological polar surface area (TPSA) is 165 Å². The van der Waals surface area contributed by atoms with Crippen LogP contribution in [0.2, 0.25) is 0 Å². The lowest BCUT2D eigenvalue weighted by Crippen LogP contribution is -2.37. The number of aryl methyl sites for hydroxylation is 6. The number of hydrogen-bond acceptors (Lipinski definition) is 12. The maximum Gasteiger partial charge on any atom is 0.251 e. The third kappa shape index (κ3) is 37.3. The first-order valence-corrected chi connectivity index (χ1v) is 49.7. The lowest BCUT2D eigenvalue weighted by atomic mass is 9.79. The van der Waals surface area contributed by atoms with Gasteiger partial charge in [-0.05, 0) is 390 Å². The molecule has 5 aliphatic rings. The van der Waals surface area contributed by atoms with E-state index in [9.17, 15) is 14.7 Å². The van der Waals surface area contributed by atoms with Gasteiger partial charge in [0, 0.05) is 58.0 Å². The molecular formula is C118H160N6O8. The molecule has 0 saturated heterocycles. The summed E-state index contributed by atoms with van der Waals surface area (Å²) < 4.78 is 31.3. The van der Waals surface area contributed by atoms with Gasteiger partial charge >= 0.3 is 0 Å². The molecule has 710 valence electrons. The van der Waals surface area contributed by atoms with E-state index in [0.29, 0.717) is 77.9 Å². The van der Waals surface area contributed by atoms with Gasteiger partial charge < -0.3 is 55.0 Å². The molecule has 5 saturated carbocycles. The van der Waals surface area contributed by atoms with Crippen LogP contribution in [0.25, 0.3) is 0 Å². The van der Waals surface area contributed by atoms with Crippen molar-refractivity contribution >= 4 is 11.8 Å². The number of hydrogen-bond donors (Lipinski definition) is 5. The van der Waals surface area contributed by atoms with Crippen LogP contribution in [0.1, 0.15) is 244 Å². The van der Waals surface area contributed by atoms with Crippen molar-refractivity contribution in [1.82, 2.24) is 31.2 Å². The molecule has 5 N–H and O–H groups in total. The summed E-state index contributed by atoms with van der Waals surface area (Å²) in [5.41, 5.74) is 13.1. The molecule has 132 heavy (non-hydrogen) atoms. The molecule has 0 radical (unpaired) electrons. The lowest BCUT2D eigenvalue weighted by Gasteiger charge is -2.35. The van der Waals surface area contributed by atoms with Crippen LogP contribution in [0.3, 0.4) is 0 Å². The summed E-state index contributed by atoms with van der Waals surface area (Å²) >= 11 is 0. The Morgan fingerprint density at radius 2 is 0.697 bits per heavy atom. The second kappa shape index (κ2) is 56.1. The SMILES string of the molecule is C.CC(=O)N(Cc1ccccc1)CC(C)C1CCC[C@@H](Oc2cccc(C)c2)C1.Cc1ccc(CNCC(C)C2CCC[C@@H](Oc3cccc(C)c3)C2)cc1.Cc1cccc(O[C@@H]2CCCC(C(C)CNC(=O)c3ccccc3)C2)c1.Cc1cccc(O[C@@H]2CCCC(C(C)CNCc3cccc(O)c3)C2)c1.Cc1cccc(O[C@@H]2CCCC(C(C)CNCc3ccccn3)C2)c1. The maximum atomic E-state index is 12.2. The number of carbonyl (C=O) groups excluding carboxylic acids is 2. The first-order chi connectivity index (χ1) is 63.5. The highest BCUT2D eigenvalue weighted by Gasteiger charge is 2.34. The highest BCUT2D eigenvalue weighted by Crippen LogP contribution is 2.39. The maximum absolute atomic E-state index is 12.2. The molecule has 10 unspecified atom stereocenters. The van der Waals surface area contributed by atoms with Gasteiger partial charge in [0.25, 0.3) is 5.91 Å². The Morgan fingerprint density at radius 1 is 0.356 bits per heavy atom. The molecule has 15 rings (SSSR count). The molecule has 0 aliphatic heterocycles. The van der Waals surface area contributed by atoms with E-state index in [0.717, 1.165) is 148 Å². The van der Waals surface area contributed by atoms with Crippen molar-refractivity contribution in [3.8, 4) is 34.5 Å². The molecule has 2 amide bonds. The van der Waals surface area contributed by atoms with Crippen LogP contribution in [0.4, 0.5) is 0 Å². The third-order valence-corrected chi connectivity index (χ3v) is 27.7. The van der Waals surface area contributed by atoms with E-state index >= 15 is 0 Å². The second-order valence-corrected chi connectivity index (χ2v) is 39.1. The van der Waals surface area contributed by atoms with Crippen molar-refractivity contribution in [2.75, 3.05) is 32.7 Å². The Balaban J connectivity index is 0.000000171. The fraction of sp³-hybridized carbons (Fsp3) is 0.483. The number of carbonyl (C=O) groups is 2. The third-order valence-electron chi connectivity index (χ3n) is 27.7. The van der Waals surface area contributed by atoms with E-state index in [1.165, 1.54) is 134 Å². The summed E-state index contributed by atoms with van der Waals surface area (Å²) in [6.45, 7) is 33.9. The van der Waals surface area contributed by atoms with Crippen LogP contribution in [-0.4, -0.2) is 90.0 Å². The quantitative estimate of drug-likeness (QED) is 0.0260. The summed E-state index contributed by atoms with van der Waals surface area (Å²) in [5, 5.41) is 23.4. The van der Waals surface area contributed by atoms with E-state index in [-0.39, 0.29) is 31.4 Å². The number of pyridine rings is 1.